The van der Waals surface area contributed by atoms with Crippen LogP contribution in [-0.2, 0) is 11.3 Å². The van der Waals surface area contributed by atoms with E-state index < -0.39 is 5.97 Å². The molecule has 1 aromatic carbocycles. The van der Waals surface area contributed by atoms with Crippen LogP contribution in [0.4, 0.5) is 0 Å². The zero-order chi connectivity index (χ0) is 14.4. The molecule has 5 heteroatoms. The molecule has 104 valence electrons. The van der Waals surface area contributed by atoms with E-state index in [2.05, 4.69) is 15.0 Å². The molecule has 20 heavy (non-hydrogen) atoms. The highest BCUT2D eigenvalue weighted by Crippen LogP contribution is 2.24. The lowest BCUT2D eigenvalue weighted by atomic mass is 10.2. The number of carbonyl (C=O) groups is 1. The normalized spacial score (nSPS) is 10.1. The second kappa shape index (κ2) is 6.68. The summed E-state index contributed by atoms with van der Waals surface area (Å²) in [5.41, 5.74) is 1.42. The predicted molar refractivity (Wildman–Crippen MR) is 74.9 cm³/mol. The number of rotatable bonds is 5. The summed E-state index contributed by atoms with van der Waals surface area (Å²) in [5, 5.41) is 3.07. The first-order valence-corrected chi connectivity index (χ1v) is 6.19. The van der Waals surface area contributed by atoms with Gasteiger partial charge in [0.15, 0.2) is 0 Å². The molecule has 1 heterocycles. The summed E-state index contributed by atoms with van der Waals surface area (Å²) in [6, 6.07) is 10.8. The Morgan fingerprint density at radius 1 is 1.30 bits per heavy atom. The molecule has 1 N–H and O–H groups in total. The van der Waals surface area contributed by atoms with Crippen molar-refractivity contribution in [3.8, 4) is 11.6 Å². The first-order valence-electron chi connectivity index (χ1n) is 6.19. The molecule has 2 aromatic rings. The lowest BCUT2D eigenvalue weighted by Gasteiger charge is -2.10. The number of aromatic nitrogens is 1. The summed E-state index contributed by atoms with van der Waals surface area (Å²) in [5.74, 6) is 0.647. The van der Waals surface area contributed by atoms with Crippen molar-refractivity contribution >= 4 is 5.97 Å². The van der Waals surface area contributed by atoms with Gasteiger partial charge in [-0.2, -0.15) is 0 Å². The highest BCUT2D eigenvalue weighted by Gasteiger charge is 2.09. The number of esters is 1. The molecule has 0 spiro atoms. The largest absolute Gasteiger partial charge is 0.465 e. The van der Waals surface area contributed by atoms with Gasteiger partial charge in [-0.1, -0.05) is 18.2 Å². The minimum Gasteiger partial charge on any atom is -0.465 e. The Morgan fingerprint density at radius 2 is 2.10 bits per heavy atom. The number of para-hydroxylation sites is 1. The molecule has 0 bridgehead atoms. The average Bonchev–Trinajstić information content (AvgIpc) is 2.49. The number of benzene rings is 1. The quantitative estimate of drug-likeness (QED) is 0.847. The molecule has 0 radical (unpaired) electrons. The smallest absolute Gasteiger partial charge is 0.338 e. The number of hydrogen-bond donors (Lipinski definition) is 1. The monoisotopic (exact) mass is 272 g/mol. The molecular formula is C15H16N2O3. The summed E-state index contributed by atoms with van der Waals surface area (Å²) < 4.78 is 10.4. The minimum absolute atomic E-state index is 0.358. The molecule has 5 nitrogen and oxygen atoms in total. The SMILES string of the molecule is CNCc1ccccc1Oc1cc(C(=O)OC)ccn1. The van der Waals surface area contributed by atoms with Crippen molar-refractivity contribution in [2.24, 2.45) is 0 Å². The van der Waals surface area contributed by atoms with E-state index in [1.807, 2.05) is 31.3 Å². The van der Waals surface area contributed by atoms with Gasteiger partial charge in [0.2, 0.25) is 5.88 Å². The molecule has 0 fully saturated rings. The molecule has 1 aromatic heterocycles. The molecule has 0 saturated heterocycles. The van der Waals surface area contributed by atoms with Crippen LogP contribution in [0, 0.1) is 0 Å². The van der Waals surface area contributed by atoms with Crippen molar-refractivity contribution in [1.29, 1.82) is 0 Å². The van der Waals surface area contributed by atoms with E-state index in [-0.39, 0.29) is 0 Å². The van der Waals surface area contributed by atoms with E-state index in [0.717, 1.165) is 5.56 Å². The number of nitrogens with zero attached hydrogens (tertiary/aromatic N) is 1. The van der Waals surface area contributed by atoms with Crippen LogP contribution in [0.2, 0.25) is 0 Å². The van der Waals surface area contributed by atoms with Crippen LogP contribution in [0.3, 0.4) is 0 Å². The van der Waals surface area contributed by atoms with Gasteiger partial charge >= 0.3 is 5.97 Å². The van der Waals surface area contributed by atoms with Crippen LogP contribution in [0.15, 0.2) is 42.6 Å². The third-order valence-corrected chi connectivity index (χ3v) is 2.71. The number of carbonyl (C=O) groups excluding carboxylic acids is 1. The fourth-order valence-electron chi connectivity index (χ4n) is 1.76. The topological polar surface area (TPSA) is 60.5 Å². The summed E-state index contributed by atoms with van der Waals surface area (Å²) in [6.45, 7) is 0.687. The van der Waals surface area contributed by atoms with Gasteiger partial charge in [0.1, 0.15) is 5.75 Å². The van der Waals surface area contributed by atoms with Crippen LogP contribution in [-0.4, -0.2) is 25.1 Å². The van der Waals surface area contributed by atoms with Crippen LogP contribution < -0.4 is 10.1 Å². The fraction of sp³-hybridized carbons (Fsp3) is 0.200. The lowest BCUT2D eigenvalue weighted by Crippen LogP contribution is -2.06. The Morgan fingerprint density at radius 3 is 2.85 bits per heavy atom. The van der Waals surface area contributed by atoms with Crippen molar-refractivity contribution < 1.29 is 14.3 Å². The van der Waals surface area contributed by atoms with E-state index in [1.165, 1.54) is 13.3 Å². The lowest BCUT2D eigenvalue weighted by molar-refractivity contribution is 0.0600. The van der Waals surface area contributed by atoms with Gasteiger partial charge < -0.3 is 14.8 Å². The van der Waals surface area contributed by atoms with Gasteiger partial charge in [0.25, 0.3) is 0 Å². The van der Waals surface area contributed by atoms with Gasteiger partial charge in [-0.05, 0) is 19.2 Å². The number of nitrogens with one attached hydrogen (secondary N) is 1. The molecule has 0 atom stereocenters. The van der Waals surface area contributed by atoms with Gasteiger partial charge in [-0.25, -0.2) is 9.78 Å². The van der Waals surface area contributed by atoms with Crippen molar-refractivity contribution in [2.75, 3.05) is 14.2 Å². The highest BCUT2D eigenvalue weighted by atomic mass is 16.5. The number of methoxy groups -OCH3 is 1. The van der Waals surface area contributed by atoms with Gasteiger partial charge in [-0.3, -0.25) is 0 Å². The Balaban J connectivity index is 2.24. The van der Waals surface area contributed by atoms with Crippen LogP contribution >= 0.6 is 0 Å². The molecular weight excluding hydrogens is 256 g/mol. The first-order chi connectivity index (χ1) is 9.74. The summed E-state index contributed by atoms with van der Waals surface area (Å²) in [6.07, 6.45) is 1.52. The van der Waals surface area contributed by atoms with Crippen molar-refractivity contribution in [3.05, 3.63) is 53.7 Å². The second-order valence-corrected chi connectivity index (χ2v) is 4.11. The number of hydrogen-bond acceptors (Lipinski definition) is 5. The maximum Gasteiger partial charge on any atom is 0.338 e. The Labute approximate surface area is 117 Å². The zero-order valence-electron chi connectivity index (χ0n) is 11.4. The van der Waals surface area contributed by atoms with E-state index in [1.54, 1.807) is 12.1 Å². The van der Waals surface area contributed by atoms with E-state index in [0.29, 0.717) is 23.7 Å². The molecule has 0 aliphatic carbocycles. The van der Waals surface area contributed by atoms with Crippen LogP contribution in [0.1, 0.15) is 15.9 Å². The van der Waals surface area contributed by atoms with Gasteiger partial charge in [0, 0.05) is 24.4 Å². The summed E-state index contributed by atoms with van der Waals surface area (Å²) in [4.78, 5) is 15.6. The highest BCUT2D eigenvalue weighted by molar-refractivity contribution is 5.89. The second-order valence-electron chi connectivity index (χ2n) is 4.11. The summed E-state index contributed by atoms with van der Waals surface area (Å²) >= 11 is 0. The molecule has 0 amide bonds. The average molecular weight is 272 g/mol. The molecule has 0 unspecified atom stereocenters. The van der Waals surface area contributed by atoms with Crippen molar-refractivity contribution in [2.45, 2.75) is 6.54 Å². The number of ether oxygens (including phenoxy) is 2. The third-order valence-electron chi connectivity index (χ3n) is 2.71. The Hall–Kier alpha value is -2.40. The number of pyridine rings is 1. The molecule has 0 saturated carbocycles. The van der Waals surface area contributed by atoms with E-state index in [4.69, 9.17) is 4.74 Å². The van der Waals surface area contributed by atoms with Crippen LogP contribution in [0.25, 0.3) is 0 Å². The van der Waals surface area contributed by atoms with Crippen molar-refractivity contribution in [3.63, 3.8) is 0 Å². The van der Waals surface area contributed by atoms with E-state index >= 15 is 0 Å². The third kappa shape index (κ3) is 3.33. The summed E-state index contributed by atoms with van der Waals surface area (Å²) in [7, 11) is 3.21. The Kier molecular flexibility index (Phi) is 4.68. The van der Waals surface area contributed by atoms with E-state index in [9.17, 15) is 4.79 Å². The predicted octanol–water partition coefficient (Wildman–Crippen LogP) is 2.38. The minimum atomic E-state index is -0.416. The van der Waals surface area contributed by atoms with Gasteiger partial charge in [0.05, 0.1) is 12.7 Å². The molecule has 0 aliphatic heterocycles. The molecule has 0 aliphatic rings. The zero-order valence-corrected chi connectivity index (χ0v) is 11.4. The van der Waals surface area contributed by atoms with Gasteiger partial charge in [-0.15, -0.1) is 0 Å². The van der Waals surface area contributed by atoms with Crippen molar-refractivity contribution in [1.82, 2.24) is 10.3 Å². The fourth-order valence-corrected chi connectivity index (χ4v) is 1.76. The van der Waals surface area contributed by atoms with Crippen LogP contribution in [0.5, 0.6) is 11.6 Å². The Bertz CT molecular complexity index is 599. The standard InChI is InChI=1S/C15H16N2O3/c1-16-10-12-5-3-4-6-13(12)20-14-9-11(7-8-17-14)15(18)19-2/h3-9,16H,10H2,1-2H3. The molecule has 2 rings (SSSR count). The maximum atomic E-state index is 11.5. The maximum absolute atomic E-state index is 11.5. The first kappa shape index (κ1) is 14.0.